The molecule has 0 amide bonds. The topological polar surface area (TPSA) is 63.6 Å². The first-order valence-corrected chi connectivity index (χ1v) is 6.00. The van der Waals surface area contributed by atoms with E-state index in [0.717, 1.165) is 17.7 Å². The van der Waals surface area contributed by atoms with Gasteiger partial charge in [0.1, 0.15) is 5.75 Å². The zero-order valence-electron chi connectivity index (χ0n) is 10.7. The first kappa shape index (κ1) is 14.2. The molecular weight excluding hydrogens is 232 g/mol. The van der Waals surface area contributed by atoms with Crippen molar-refractivity contribution >= 4 is 11.8 Å². The lowest BCUT2D eigenvalue weighted by molar-refractivity contribution is -0.137. The predicted octanol–water partition coefficient (Wildman–Crippen LogP) is 2.70. The van der Waals surface area contributed by atoms with E-state index in [0.29, 0.717) is 12.0 Å². The molecule has 0 aliphatic carbocycles. The second kappa shape index (κ2) is 6.79. The van der Waals surface area contributed by atoms with Crippen LogP contribution in [0.25, 0.3) is 0 Å². The average Bonchev–Trinajstić information content (AvgIpc) is 2.37. The van der Waals surface area contributed by atoms with Gasteiger partial charge in [-0.15, -0.1) is 0 Å². The molecule has 4 nitrogen and oxygen atoms in total. The van der Waals surface area contributed by atoms with Crippen molar-refractivity contribution in [2.24, 2.45) is 0 Å². The summed E-state index contributed by atoms with van der Waals surface area (Å²) >= 11 is 0. The van der Waals surface area contributed by atoms with E-state index in [1.165, 1.54) is 0 Å². The van der Waals surface area contributed by atoms with Gasteiger partial charge in [0.25, 0.3) is 0 Å². The third-order valence-electron chi connectivity index (χ3n) is 2.78. The van der Waals surface area contributed by atoms with Gasteiger partial charge in [-0.1, -0.05) is 6.92 Å². The standard InChI is InChI=1S/C14H18O4/c1-3-10-9-11(7-8-13(10)18-2)12(15)5-4-6-14(16)17/h7-9H,3-6H2,1-2H3,(H,16,17). The van der Waals surface area contributed by atoms with Crippen LogP contribution in [0.1, 0.15) is 42.1 Å². The molecule has 0 bridgehead atoms. The Balaban J connectivity index is 2.71. The van der Waals surface area contributed by atoms with Gasteiger partial charge in [-0.25, -0.2) is 0 Å². The first-order chi connectivity index (χ1) is 8.58. The van der Waals surface area contributed by atoms with Crippen molar-refractivity contribution in [2.75, 3.05) is 7.11 Å². The lowest BCUT2D eigenvalue weighted by atomic mass is 10.0. The van der Waals surface area contributed by atoms with Gasteiger partial charge in [0.05, 0.1) is 7.11 Å². The van der Waals surface area contributed by atoms with Crippen LogP contribution in [0.4, 0.5) is 0 Å². The summed E-state index contributed by atoms with van der Waals surface area (Å²) in [6.45, 7) is 2.00. The number of Topliss-reactive ketones (excluding diaryl/α,β-unsaturated/α-hetero) is 1. The van der Waals surface area contributed by atoms with Gasteiger partial charge >= 0.3 is 5.97 Å². The summed E-state index contributed by atoms with van der Waals surface area (Å²) < 4.78 is 5.19. The number of aliphatic carboxylic acids is 1. The summed E-state index contributed by atoms with van der Waals surface area (Å²) in [5, 5.41) is 8.52. The molecule has 0 heterocycles. The van der Waals surface area contributed by atoms with Crippen LogP contribution in [0.15, 0.2) is 18.2 Å². The van der Waals surface area contributed by atoms with E-state index in [9.17, 15) is 9.59 Å². The lowest BCUT2D eigenvalue weighted by Gasteiger charge is -2.08. The van der Waals surface area contributed by atoms with Crippen LogP contribution in [0.3, 0.4) is 0 Å². The van der Waals surface area contributed by atoms with E-state index < -0.39 is 5.97 Å². The van der Waals surface area contributed by atoms with Crippen LogP contribution >= 0.6 is 0 Å². The molecule has 18 heavy (non-hydrogen) atoms. The zero-order chi connectivity index (χ0) is 13.5. The molecule has 1 rings (SSSR count). The Morgan fingerprint density at radius 2 is 2.00 bits per heavy atom. The quantitative estimate of drug-likeness (QED) is 0.756. The molecule has 1 aromatic carbocycles. The number of methoxy groups -OCH3 is 1. The number of rotatable bonds is 7. The highest BCUT2D eigenvalue weighted by Gasteiger charge is 2.10. The Bertz CT molecular complexity index is 437. The molecular formula is C14H18O4. The molecule has 0 aliphatic heterocycles. The van der Waals surface area contributed by atoms with E-state index in [1.54, 1.807) is 19.2 Å². The van der Waals surface area contributed by atoms with Crippen molar-refractivity contribution in [2.45, 2.75) is 32.6 Å². The Morgan fingerprint density at radius 3 is 2.56 bits per heavy atom. The average molecular weight is 250 g/mol. The smallest absolute Gasteiger partial charge is 0.303 e. The van der Waals surface area contributed by atoms with Gasteiger partial charge in [-0.2, -0.15) is 0 Å². The van der Waals surface area contributed by atoms with Crippen LogP contribution in [0.2, 0.25) is 0 Å². The van der Waals surface area contributed by atoms with Gasteiger partial charge < -0.3 is 9.84 Å². The number of hydrogen-bond donors (Lipinski definition) is 1. The molecule has 0 saturated carbocycles. The normalized spacial score (nSPS) is 10.1. The molecule has 0 radical (unpaired) electrons. The first-order valence-electron chi connectivity index (χ1n) is 6.00. The van der Waals surface area contributed by atoms with Crippen molar-refractivity contribution in [3.05, 3.63) is 29.3 Å². The minimum Gasteiger partial charge on any atom is -0.496 e. The highest BCUT2D eigenvalue weighted by atomic mass is 16.5. The molecule has 0 aromatic heterocycles. The van der Waals surface area contributed by atoms with Crippen molar-refractivity contribution in [1.29, 1.82) is 0 Å². The van der Waals surface area contributed by atoms with E-state index >= 15 is 0 Å². The van der Waals surface area contributed by atoms with E-state index in [4.69, 9.17) is 9.84 Å². The number of benzene rings is 1. The molecule has 1 aromatic rings. The number of carboxylic acids is 1. The number of carbonyl (C=O) groups is 2. The van der Waals surface area contributed by atoms with Crippen LogP contribution in [-0.4, -0.2) is 24.0 Å². The summed E-state index contributed by atoms with van der Waals surface area (Å²) in [6, 6.07) is 5.33. The Morgan fingerprint density at radius 1 is 1.28 bits per heavy atom. The van der Waals surface area contributed by atoms with Crippen LogP contribution in [0, 0.1) is 0 Å². The molecule has 4 heteroatoms. The van der Waals surface area contributed by atoms with Crippen LogP contribution in [0.5, 0.6) is 5.75 Å². The van der Waals surface area contributed by atoms with E-state index in [-0.39, 0.29) is 18.6 Å². The van der Waals surface area contributed by atoms with Gasteiger partial charge in [0.2, 0.25) is 0 Å². The van der Waals surface area contributed by atoms with Gasteiger partial charge in [-0.3, -0.25) is 9.59 Å². The SMILES string of the molecule is CCc1cc(C(=O)CCCC(=O)O)ccc1OC. The Hall–Kier alpha value is -1.84. The second-order valence-electron chi connectivity index (χ2n) is 4.05. The summed E-state index contributed by atoms with van der Waals surface area (Å²) in [5.41, 5.74) is 1.61. The molecule has 0 fully saturated rings. The van der Waals surface area contributed by atoms with Crippen molar-refractivity contribution in [1.82, 2.24) is 0 Å². The second-order valence-corrected chi connectivity index (χ2v) is 4.05. The number of ketones is 1. The molecule has 98 valence electrons. The minimum absolute atomic E-state index is 0.0198. The van der Waals surface area contributed by atoms with Gasteiger partial charge in [0.15, 0.2) is 5.78 Å². The molecule has 0 unspecified atom stereocenters. The number of ether oxygens (including phenoxy) is 1. The minimum atomic E-state index is -0.869. The lowest BCUT2D eigenvalue weighted by Crippen LogP contribution is -2.03. The summed E-state index contributed by atoms with van der Waals surface area (Å²) in [7, 11) is 1.60. The maximum atomic E-state index is 11.9. The Labute approximate surface area is 107 Å². The summed E-state index contributed by atoms with van der Waals surface area (Å²) in [5.74, 6) is -0.111. The number of hydrogen-bond acceptors (Lipinski definition) is 3. The fraction of sp³-hybridized carbons (Fsp3) is 0.429. The van der Waals surface area contributed by atoms with E-state index in [2.05, 4.69) is 0 Å². The number of aryl methyl sites for hydroxylation is 1. The molecule has 1 N–H and O–H groups in total. The summed E-state index contributed by atoms with van der Waals surface area (Å²) in [6.07, 6.45) is 1.46. The number of carbonyl (C=O) groups excluding carboxylic acids is 1. The third-order valence-corrected chi connectivity index (χ3v) is 2.78. The van der Waals surface area contributed by atoms with Crippen molar-refractivity contribution in [3.63, 3.8) is 0 Å². The monoisotopic (exact) mass is 250 g/mol. The third kappa shape index (κ3) is 3.87. The Kier molecular flexibility index (Phi) is 5.36. The van der Waals surface area contributed by atoms with Gasteiger partial charge in [-0.05, 0) is 36.6 Å². The maximum Gasteiger partial charge on any atom is 0.303 e. The molecule has 0 saturated heterocycles. The number of carboxylic acid groups (broad SMARTS) is 1. The van der Waals surface area contributed by atoms with Crippen LogP contribution in [-0.2, 0) is 11.2 Å². The highest BCUT2D eigenvalue weighted by Crippen LogP contribution is 2.21. The molecule has 0 aliphatic rings. The highest BCUT2D eigenvalue weighted by molar-refractivity contribution is 5.96. The van der Waals surface area contributed by atoms with Crippen LogP contribution < -0.4 is 4.74 Å². The maximum absolute atomic E-state index is 11.9. The predicted molar refractivity (Wildman–Crippen MR) is 68.2 cm³/mol. The summed E-state index contributed by atoms with van der Waals surface area (Å²) in [4.78, 5) is 22.2. The van der Waals surface area contributed by atoms with E-state index in [1.807, 2.05) is 13.0 Å². The zero-order valence-corrected chi connectivity index (χ0v) is 10.7. The fourth-order valence-electron chi connectivity index (χ4n) is 1.77. The molecule has 0 atom stereocenters. The van der Waals surface area contributed by atoms with Crippen molar-refractivity contribution < 1.29 is 19.4 Å². The van der Waals surface area contributed by atoms with Gasteiger partial charge in [0, 0.05) is 18.4 Å². The largest absolute Gasteiger partial charge is 0.496 e. The fourth-order valence-corrected chi connectivity index (χ4v) is 1.77. The molecule has 0 spiro atoms. The van der Waals surface area contributed by atoms with Crippen molar-refractivity contribution in [3.8, 4) is 5.75 Å².